The summed E-state index contributed by atoms with van der Waals surface area (Å²) in [6.45, 7) is 1.51. The Kier molecular flexibility index (Phi) is 5.75. The lowest BCUT2D eigenvalue weighted by atomic mass is 9.68. The number of nitrogens with zero attached hydrogens (tertiary/aromatic N) is 3. The van der Waals surface area contributed by atoms with Crippen LogP contribution in [0.15, 0.2) is 33.9 Å². The molecule has 2 aromatic rings. The average molecular weight is 464 g/mol. The van der Waals surface area contributed by atoms with Gasteiger partial charge < -0.3 is 0 Å². The van der Waals surface area contributed by atoms with Crippen LogP contribution in [0.25, 0.3) is 10.9 Å². The van der Waals surface area contributed by atoms with Gasteiger partial charge in [-0.05, 0) is 75.8 Å². The molecule has 34 heavy (non-hydrogen) atoms. The van der Waals surface area contributed by atoms with E-state index in [0.717, 1.165) is 24.7 Å². The molecule has 3 heterocycles. The second-order valence-electron chi connectivity index (χ2n) is 11.6. The first-order valence-corrected chi connectivity index (χ1v) is 13.5. The normalized spacial score (nSPS) is 33.7. The van der Waals surface area contributed by atoms with Crippen LogP contribution in [0.3, 0.4) is 0 Å². The summed E-state index contributed by atoms with van der Waals surface area (Å²) in [5.74, 6) is 1.72. The van der Waals surface area contributed by atoms with E-state index in [1.807, 2.05) is 12.1 Å². The van der Waals surface area contributed by atoms with Crippen molar-refractivity contribution in [3.8, 4) is 0 Å². The summed E-state index contributed by atoms with van der Waals surface area (Å²) in [6, 6.07) is 8.75. The molecule has 4 fully saturated rings. The maximum absolute atomic E-state index is 13.6. The molecular weight excluding hydrogens is 426 g/mol. The fraction of sp³-hybridized carbons (Fsp3) is 0.679. The highest BCUT2D eigenvalue weighted by molar-refractivity contribution is 5.81. The number of rotatable bonds is 4. The van der Waals surface area contributed by atoms with Crippen molar-refractivity contribution in [2.75, 3.05) is 0 Å². The molecule has 0 amide bonds. The maximum Gasteiger partial charge on any atom is 0.332 e. The number of carbonyl (C=O) groups excluding carboxylic acids is 1. The number of hydrogen-bond donors (Lipinski definition) is 0. The highest BCUT2D eigenvalue weighted by Crippen LogP contribution is 2.47. The van der Waals surface area contributed by atoms with Gasteiger partial charge in [0.15, 0.2) is 0 Å². The molecule has 6 heteroatoms. The molecule has 4 bridgehead atoms. The zero-order chi connectivity index (χ0) is 23.4. The summed E-state index contributed by atoms with van der Waals surface area (Å²) >= 11 is 0. The van der Waals surface area contributed by atoms with Crippen molar-refractivity contribution in [1.82, 2.24) is 14.0 Å². The summed E-state index contributed by atoms with van der Waals surface area (Å²) in [5.41, 5.74) is 0.0575. The zero-order valence-electron chi connectivity index (χ0n) is 20.3. The predicted octanol–water partition coefficient (Wildman–Crippen LogP) is 4.28. The van der Waals surface area contributed by atoms with Gasteiger partial charge in [-0.1, -0.05) is 37.8 Å². The largest absolute Gasteiger partial charge is 0.332 e. The maximum atomic E-state index is 13.6. The first kappa shape index (κ1) is 22.3. The van der Waals surface area contributed by atoms with E-state index in [-0.39, 0.29) is 29.6 Å². The van der Waals surface area contributed by atoms with Crippen LogP contribution in [0.2, 0.25) is 0 Å². The topological polar surface area (TPSA) is 64.3 Å². The van der Waals surface area contributed by atoms with Crippen molar-refractivity contribution >= 4 is 16.7 Å². The van der Waals surface area contributed by atoms with Gasteiger partial charge >= 0.3 is 5.69 Å². The molecule has 1 aromatic carbocycles. The third kappa shape index (κ3) is 3.78. The number of benzene rings is 1. The summed E-state index contributed by atoms with van der Waals surface area (Å²) in [4.78, 5) is 42.0. The number of fused-ring (bicyclic) bond motifs is 5. The molecule has 2 aliphatic carbocycles. The molecule has 6 atom stereocenters. The lowest BCUT2D eigenvalue weighted by molar-refractivity contribution is -0.117. The lowest BCUT2D eigenvalue weighted by Crippen LogP contribution is -2.59. The molecule has 6 nitrogen and oxygen atoms in total. The third-order valence-corrected chi connectivity index (χ3v) is 9.36. The fourth-order valence-corrected chi connectivity index (χ4v) is 8.17. The van der Waals surface area contributed by atoms with Gasteiger partial charge in [-0.2, -0.15) is 0 Å². The van der Waals surface area contributed by atoms with Crippen LogP contribution < -0.4 is 11.2 Å². The highest BCUT2D eigenvalue weighted by atomic mass is 16.2. The van der Waals surface area contributed by atoms with Crippen molar-refractivity contribution in [3.63, 3.8) is 0 Å². The van der Waals surface area contributed by atoms with Gasteiger partial charge in [0.25, 0.3) is 5.56 Å². The van der Waals surface area contributed by atoms with E-state index in [4.69, 9.17) is 0 Å². The number of hydrogen-bond acceptors (Lipinski definition) is 4. The number of aromatic nitrogens is 2. The van der Waals surface area contributed by atoms with Gasteiger partial charge in [-0.3, -0.25) is 23.6 Å². The molecule has 182 valence electrons. The van der Waals surface area contributed by atoms with Gasteiger partial charge in [0.05, 0.1) is 17.4 Å². The van der Waals surface area contributed by atoms with E-state index in [0.29, 0.717) is 29.0 Å². The Bertz CT molecular complexity index is 1190. The van der Waals surface area contributed by atoms with Crippen LogP contribution in [0.4, 0.5) is 0 Å². The van der Waals surface area contributed by atoms with Crippen molar-refractivity contribution in [2.24, 2.45) is 11.8 Å². The highest BCUT2D eigenvalue weighted by Gasteiger charge is 2.45. The Balaban J connectivity index is 1.35. The quantitative estimate of drug-likeness (QED) is 0.679. The predicted molar refractivity (Wildman–Crippen MR) is 133 cm³/mol. The van der Waals surface area contributed by atoms with E-state index >= 15 is 0 Å². The molecule has 4 aliphatic rings. The summed E-state index contributed by atoms with van der Waals surface area (Å²) in [5, 5.41) is 0.538. The molecule has 2 saturated carbocycles. The van der Waals surface area contributed by atoms with Crippen molar-refractivity contribution in [3.05, 3.63) is 45.1 Å². The number of piperidine rings is 2. The Morgan fingerprint density at radius 2 is 1.47 bits per heavy atom. The summed E-state index contributed by atoms with van der Waals surface area (Å²) in [6.07, 6.45) is 13.7. The second-order valence-corrected chi connectivity index (χ2v) is 11.6. The van der Waals surface area contributed by atoms with E-state index in [1.54, 1.807) is 12.1 Å². The first-order valence-electron chi connectivity index (χ1n) is 13.5. The van der Waals surface area contributed by atoms with Crippen molar-refractivity contribution in [2.45, 2.75) is 108 Å². The zero-order valence-corrected chi connectivity index (χ0v) is 20.3. The second kappa shape index (κ2) is 8.78. The summed E-state index contributed by atoms with van der Waals surface area (Å²) < 4.78 is 3.03. The average Bonchev–Trinajstić information content (AvgIpc) is 2.81. The number of Topliss-reactive ketones (excluding diaryl/α,β-unsaturated/α-hetero) is 1. The molecule has 1 aromatic heterocycles. The SMILES string of the molecule is CC(=O)Cn1c(=O)n(C2C[C@H]3CCC[C@@H](C2)N3C2C[C@H]3CCC[C@@H](C2)C3)c(=O)c2ccccc21. The van der Waals surface area contributed by atoms with Crippen molar-refractivity contribution in [1.29, 1.82) is 0 Å². The number of carbonyl (C=O) groups is 1. The molecule has 0 radical (unpaired) electrons. The van der Waals surface area contributed by atoms with E-state index in [1.165, 1.54) is 73.8 Å². The van der Waals surface area contributed by atoms with E-state index in [2.05, 4.69) is 4.90 Å². The van der Waals surface area contributed by atoms with Crippen LogP contribution in [-0.2, 0) is 11.3 Å². The van der Waals surface area contributed by atoms with E-state index in [9.17, 15) is 14.4 Å². The van der Waals surface area contributed by atoms with Gasteiger partial charge in [0.2, 0.25) is 0 Å². The van der Waals surface area contributed by atoms with Crippen LogP contribution in [0.1, 0.15) is 83.6 Å². The van der Waals surface area contributed by atoms with Crippen LogP contribution >= 0.6 is 0 Å². The minimum atomic E-state index is -0.317. The minimum Gasteiger partial charge on any atom is -0.298 e. The standard InChI is InChI=1S/C28H37N3O3/c1-18(32)17-29-26-11-3-2-10-25(26)27(33)31(28(29)34)24-15-21-8-5-9-22(16-24)30(21)23-13-19-6-4-7-20(12-19)14-23/h2-3,10-11,19-24H,4-9,12-17H2,1H3/t19-,20+,21-,22+,23?,24?. The molecule has 2 unspecified atom stereocenters. The van der Waals surface area contributed by atoms with Crippen LogP contribution in [0, 0.1) is 11.8 Å². The summed E-state index contributed by atoms with van der Waals surface area (Å²) in [7, 11) is 0. The number of ketones is 1. The smallest absolute Gasteiger partial charge is 0.298 e. The van der Waals surface area contributed by atoms with E-state index < -0.39 is 0 Å². The van der Waals surface area contributed by atoms with Crippen molar-refractivity contribution < 1.29 is 4.79 Å². The molecule has 0 N–H and O–H groups in total. The first-order chi connectivity index (χ1) is 16.5. The van der Waals surface area contributed by atoms with Gasteiger partial charge in [-0.25, -0.2) is 4.79 Å². The Morgan fingerprint density at radius 3 is 2.15 bits per heavy atom. The third-order valence-electron chi connectivity index (χ3n) is 9.36. The van der Waals surface area contributed by atoms with Crippen LogP contribution in [0.5, 0.6) is 0 Å². The monoisotopic (exact) mass is 463 g/mol. The fourth-order valence-electron chi connectivity index (χ4n) is 8.17. The van der Waals surface area contributed by atoms with Gasteiger partial charge in [0, 0.05) is 24.2 Å². The molecule has 0 spiro atoms. The molecule has 6 rings (SSSR count). The Morgan fingerprint density at radius 1 is 0.824 bits per heavy atom. The van der Waals surface area contributed by atoms with Gasteiger partial charge in [0.1, 0.15) is 5.78 Å². The Hall–Kier alpha value is -2.21. The Labute approximate surface area is 200 Å². The molecule has 2 saturated heterocycles. The van der Waals surface area contributed by atoms with Gasteiger partial charge in [-0.15, -0.1) is 0 Å². The lowest BCUT2D eigenvalue weighted by Gasteiger charge is -2.55. The number of para-hydroxylation sites is 1. The minimum absolute atomic E-state index is 0.0101. The molecular formula is C28H37N3O3. The van der Waals surface area contributed by atoms with Crippen LogP contribution in [-0.4, -0.2) is 37.9 Å². The molecule has 2 aliphatic heterocycles.